The Hall–Kier alpha value is -3.41. The van der Waals surface area contributed by atoms with Crippen LogP contribution in [0.15, 0.2) is 59.7 Å². The predicted molar refractivity (Wildman–Crippen MR) is 105 cm³/mol. The molecule has 2 aromatic carbocycles. The van der Waals surface area contributed by atoms with E-state index in [-0.39, 0.29) is 18.0 Å². The van der Waals surface area contributed by atoms with Gasteiger partial charge in [-0.25, -0.2) is 4.98 Å². The number of anilines is 1. The number of hydrogen-bond acceptors (Lipinski definition) is 4. The molecule has 0 aliphatic carbocycles. The first-order chi connectivity index (χ1) is 13.0. The lowest BCUT2D eigenvalue weighted by molar-refractivity contribution is -0.116. The molecule has 0 unspecified atom stereocenters. The summed E-state index contributed by atoms with van der Waals surface area (Å²) in [7, 11) is 1.57. The Balaban J connectivity index is 1.79. The van der Waals surface area contributed by atoms with Crippen molar-refractivity contribution < 1.29 is 9.53 Å². The van der Waals surface area contributed by atoms with Gasteiger partial charge in [-0.05, 0) is 43.2 Å². The number of nitrogens with one attached hydrogen (secondary N) is 1. The molecular weight excluding hydrogens is 342 g/mol. The van der Waals surface area contributed by atoms with Gasteiger partial charge in [0.1, 0.15) is 12.3 Å². The number of methoxy groups -OCH3 is 1. The van der Waals surface area contributed by atoms with Gasteiger partial charge in [0.05, 0.1) is 19.1 Å². The number of rotatable bonds is 5. The summed E-state index contributed by atoms with van der Waals surface area (Å²) >= 11 is 0. The van der Waals surface area contributed by atoms with Crippen molar-refractivity contribution in [2.45, 2.75) is 20.4 Å². The SMILES string of the molecule is COc1ccccc1-c1cc(=O)n(CC(=O)Nc2cccc(C)c2C)cn1. The van der Waals surface area contributed by atoms with E-state index in [1.165, 1.54) is 17.0 Å². The summed E-state index contributed by atoms with van der Waals surface area (Å²) in [6, 6.07) is 14.4. The Morgan fingerprint density at radius 1 is 1.15 bits per heavy atom. The number of hydrogen-bond donors (Lipinski definition) is 1. The Bertz CT molecular complexity index is 1040. The van der Waals surface area contributed by atoms with E-state index in [0.717, 1.165) is 22.4 Å². The quantitative estimate of drug-likeness (QED) is 0.756. The maximum absolute atomic E-state index is 12.4. The largest absolute Gasteiger partial charge is 0.496 e. The molecular formula is C21H21N3O3. The van der Waals surface area contributed by atoms with Gasteiger partial charge in [0.15, 0.2) is 0 Å². The second-order valence-electron chi connectivity index (χ2n) is 6.24. The summed E-state index contributed by atoms with van der Waals surface area (Å²) in [5.74, 6) is 0.354. The van der Waals surface area contributed by atoms with Gasteiger partial charge in [0.2, 0.25) is 5.91 Å². The number of amides is 1. The van der Waals surface area contributed by atoms with E-state index in [4.69, 9.17) is 4.74 Å². The summed E-state index contributed by atoms with van der Waals surface area (Å²) in [5.41, 5.74) is 3.76. The van der Waals surface area contributed by atoms with Crippen molar-refractivity contribution in [3.8, 4) is 17.0 Å². The van der Waals surface area contributed by atoms with Crippen molar-refractivity contribution in [1.82, 2.24) is 9.55 Å². The molecule has 1 heterocycles. The standard InChI is InChI=1S/C21H21N3O3/c1-14-7-6-9-17(15(14)2)23-20(25)12-24-13-22-18(11-21(24)26)16-8-4-5-10-19(16)27-3/h4-11,13H,12H2,1-3H3,(H,23,25). The van der Waals surface area contributed by atoms with Crippen molar-refractivity contribution in [3.63, 3.8) is 0 Å². The minimum Gasteiger partial charge on any atom is -0.496 e. The molecule has 0 spiro atoms. The number of benzene rings is 2. The molecule has 27 heavy (non-hydrogen) atoms. The van der Waals surface area contributed by atoms with E-state index in [0.29, 0.717) is 11.4 Å². The number of ether oxygens (including phenoxy) is 1. The molecule has 3 rings (SSSR count). The zero-order chi connectivity index (χ0) is 19.4. The van der Waals surface area contributed by atoms with Crippen LogP contribution in [0.5, 0.6) is 5.75 Å². The van der Waals surface area contributed by atoms with Gasteiger partial charge >= 0.3 is 0 Å². The van der Waals surface area contributed by atoms with Crippen LogP contribution >= 0.6 is 0 Å². The molecule has 1 N–H and O–H groups in total. The highest BCUT2D eigenvalue weighted by Gasteiger charge is 2.11. The smallest absolute Gasteiger partial charge is 0.254 e. The first-order valence-corrected chi connectivity index (χ1v) is 8.55. The fraction of sp³-hybridized carbons (Fsp3) is 0.190. The number of aryl methyl sites for hydroxylation is 1. The van der Waals surface area contributed by atoms with E-state index in [1.807, 2.05) is 50.2 Å². The van der Waals surface area contributed by atoms with Crippen LogP contribution in [0.4, 0.5) is 5.69 Å². The molecule has 0 radical (unpaired) electrons. The average molecular weight is 363 g/mol. The van der Waals surface area contributed by atoms with Crippen LogP contribution in [-0.4, -0.2) is 22.6 Å². The second kappa shape index (κ2) is 7.86. The van der Waals surface area contributed by atoms with Gasteiger partial charge in [-0.2, -0.15) is 0 Å². The van der Waals surface area contributed by atoms with Crippen molar-refractivity contribution in [2.75, 3.05) is 12.4 Å². The first-order valence-electron chi connectivity index (χ1n) is 8.55. The fourth-order valence-electron chi connectivity index (χ4n) is 2.78. The molecule has 6 nitrogen and oxygen atoms in total. The fourth-order valence-corrected chi connectivity index (χ4v) is 2.78. The molecule has 1 aromatic heterocycles. The number of carbonyl (C=O) groups is 1. The Morgan fingerprint density at radius 2 is 1.93 bits per heavy atom. The van der Waals surface area contributed by atoms with Gasteiger partial charge in [0, 0.05) is 17.3 Å². The topological polar surface area (TPSA) is 73.2 Å². The monoisotopic (exact) mass is 363 g/mol. The molecule has 0 aliphatic rings. The predicted octanol–water partition coefficient (Wildman–Crippen LogP) is 3.17. The normalized spacial score (nSPS) is 10.5. The Labute approximate surface area is 157 Å². The molecule has 3 aromatic rings. The van der Waals surface area contributed by atoms with Crippen LogP contribution in [0.25, 0.3) is 11.3 Å². The van der Waals surface area contributed by atoms with Gasteiger partial charge in [-0.1, -0.05) is 24.3 Å². The molecule has 1 amide bonds. The maximum Gasteiger partial charge on any atom is 0.254 e. The van der Waals surface area contributed by atoms with E-state index in [2.05, 4.69) is 10.3 Å². The molecule has 0 atom stereocenters. The summed E-state index contributed by atoms with van der Waals surface area (Å²) in [5, 5.41) is 2.84. The van der Waals surface area contributed by atoms with Gasteiger partial charge in [-0.3, -0.25) is 14.2 Å². The van der Waals surface area contributed by atoms with Crippen molar-refractivity contribution >= 4 is 11.6 Å². The van der Waals surface area contributed by atoms with Crippen molar-refractivity contribution in [3.05, 3.63) is 76.3 Å². The van der Waals surface area contributed by atoms with Gasteiger partial charge in [-0.15, -0.1) is 0 Å². The Morgan fingerprint density at radius 3 is 2.67 bits per heavy atom. The summed E-state index contributed by atoms with van der Waals surface area (Å²) in [4.78, 5) is 29.1. The van der Waals surface area contributed by atoms with Gasteiger partial charge < -0.3 is 10.1 Å². The molecule has 138 valence electrons. The summed E-state index contributed by atoms with van der Waals surface area (Å²) < 4.78 is 6.59. The van der Waals surface area contributed by atoms with E-state index in [1.54, 1.807) is 13.2 Å². The van der Waals surface area contributed by atoms with Crippen LogP contribution in [0.1, 0.15) is 11.1 Å². The minimum atomic E-state index is -0.304. The highest BCUT2D eigenvalue weighted by atomic mass is 16.5. The third-order valence-corrected chi connectivity index (χ3v) is 4.46. The van der Waals surface area contributed by atoms with Crippen LogP contribution in [0, 0.1) is 13.8 Å². The van der Waals surface area contributed by atoms with Crippen LogP contribution in [-0.2, 0) is 11.3 Å². The lowest BCUT2D eigenvalue weighted by atomic mass is 10.1. The molecule has 0 saturated heterocycles. The number of carbonyl (C=O) groups excluding carboxylic acids is 1. The van der Waals surface area contributed by atoms with E-state index in [9.17, 15) is 9.59 Å². The third-order valence-electron chi connectivity index (χ3n) is 4.46. The van der Waals surface area contributed by atoms with Crippen molar-refractivity contribution in [1.29, 1.82) is 0 Å². The molecule has 0 aliphatic heterocycles. The lowest BCUT2D eigenvalue weighted by Crippen LogP contribution is -2.27. The third kappa shape index (κ3) is 4.06. The molecule has 6 heteroatoms. The van der Waals surface area contributed by atoms with E-state index < -0.39 is 0 Å². The summed E-state index contributed by atoms with van der Waals surface area (Å²) in [6.07, 6.45) is 1.38. The molecule has 0 bridgehead atoms. The lowest BCUT2D eigenvalue weighted by Gasteiger charge is -2.12. The highest BCUT2D eigenvalue weighted by molar-refractivity contribution is 5.91. The highest BCUT2D eigenvalue weighted by Crippen LogP contribution is 2.26. The van der Waals surface area contributed by atoms with Crippen LogP contribution in [0.2, 0.25) is 0 Å². The van der Waals surface area contributed by atoms with Crippen LogP contribution < -0.4 is 15.6 Å². The Kier molecular flexibility index (Phi) is 5.35. The summed E-state index contributed by atoms with van der Waals surface area (Å²) in [6.45, 7) is 3.82. The average Bonchev–Trinajstić information content (AvgIpc) is 2.67. The second-order valence-corrected chi connectivity index (χ2v) is 6.24. The number of para-hydroxylation sites is 1. The number of aromatic nitrogens is 2. The molecule has 0 saturated carbocycles. The zero-order valence-electron chi connectivity index (χ0n) is 15.5. The maximum atomic E-state index is 12.4. The number of nitrogens with zero attached hydrogens (tertiary/aromatic N) is 2. The van der Waals surface area contributed by atoms with Crippen LogP contribution in [0.3, 0.4) is 0 Å². The van der Waals surface area contributed by atoms with Gasteiger partial charge in [0.25, 0.3) is 5.56 Å². The van der Waals surface area contributed by atoms with Crippen molar-refractivity contribution in [2.24, 2.45) is 0 Å². The first kappa shape index (κ1) is 18.4. The minimum absolute atomic E-state index is 0.106. The van der Waals surface area contributed by atoms with E-state index >= 15 is 0 Å². The zero-order valence-corrected chi connectivity index (χ0v) is 15.5. The molecule has 0 fully saturated rings.